The first-order valence-electron chi connectivity index (χ1n) is 10.8. The van der Waals surface area contributed by atoms with Crippen LogP contribution in [0.4, 0.5) is 5.69 Å². The highest BCUT2D eigenvalue weighted by Crippen LogP contribution is 2.29. The summed E-state index contributed by atoms with van der Waals surface area (Å²) in [6.07, 6.45) is 1.01. The summed E-state index contributed by atoms with van der Waals surface area (Å²) in [5.74, 6) is 0.247. The molecule has 1 heterocycles. The molecule has 1 amide bonds. The molecule has 2 aromatic rings. The molecule has 1 N–H and O–H groups in total. The van der Waals surface area contributed by atoms with Gasteiger partial charge in [0.1, 0.15) is 24.7 Å². The summed E-state index contributed by atoms with van der Waals surface area (Å²) in [5, 5.41) is 2.62. The Kier molecular flexibility index (Phi) is 8.94. The van der Waals surface area contributed by atoms with E-state index in [1.54, 1.807) is 36.4 Å². The third kappa shape index (κ3) is 7.07. The number of methoxy groups -OCH3 is 1. The fourth-order valence-corrected chi connectivity index (χ4v) is 5.67. The summed E-state index contributed by atoms with van der Waals surface area (Å²) < 4.78 is 68.2. The molecule has 0 atom stereocenters. The molecular weight excluding hydrogens is 498 g/mol. The topological polar surface area (TPSA) is 132 Å². The van der Waals surface area contributed by atoms with Crippen LogP contribution in [0.3, 0.4) is 0 Å². The highest BCUT2D eigenvalue weighted by molar-refractivity contribution is 7.92. The van der Waals surface area contributed by atoms with E-state index in [0.29, 0.717) is 37.8 Å². The molecule has 11 nitrogen and oxygen atoms in total. The van der Waals surface area contributed by atoms with Crippen molar-refractivity contribution in [1.29, 1.82) is 0 Å². The van der Waals surface area contributed by atoms with E-state index >= 15 is 0 Å². The van der Waals surface area contributed by atoms with Crippen LogP contribution in [0.25, 0.3) is 0 Å². The predicted octanol–water partition coefficient (Wildman–Crippen LogP) is 0.677. The van der Waals surface area contributed by atoms with Gasteiger partial charge in [-0.1, -0.05) is 12.1 Å². The maximum absolute atomic E-state index is 12.7. The van der Waals surface area contributed by atoms with E-state index in [-0.39, 0.29) is 23.7 Å². The Morgan fingerprint density at radius 1 is 1.06 bits per heavy atom. The van der Waals surface area contributed by atoms with Crippen molar-refractivity contribution in [1.82, 2.24) is 9.62 Å². The highest BCUT2D eigenvalue weighted by Gasteiger charge is 2.26. The number of anilines is 1. The summed E-state index contributed by atoms with van der Waals surface area (Å²) in [6, 6.07) is 12.5. The van der Waals surface area contributed by atoms with Crippen LogP contribution in [0, 0.1) is 0 Å². The molecule has 0 bridgehead atoms. The maximum Gasteiger partial charge on any atom is 0.243 e. The van der Waals surface area contributed by atoms with Crippen molar-refractivity contribution >= 4 is 31.6 Å². The van der Waals surface area contributed by atoms with Gasteiger partial charge in [0.2, 0.25) is 26.0 Å². The Morgan fingerprint density at radius 3 is 2.34 bits per heavy atom. The maximum atomic E-state index is 12.7. The molecule has 0 saturated carbocycles. The van der Waals surface area contributed by atoms with Gasteiger partial charge in [0, 0.05) is 13.1 Å². The molecule has 3 rings (SSSR count). The molecular formula is C22H29N3O8S2. The Bertz CT molecular complexity index is 1210. The number of carbonyl (C=O) groups is 1. The summed E-state index contributed by atoms with van der Waals surface area (Å²) in [6.45, 7) is 1.17. The lowest BCUT2D eigenvalue weighted by atomic mass is 10.3. The molecule has 0 radical (unpaired) electrons. The second-order valence-corrected chi connectivity index (χ2v) is 11.5. The molecule has 13 heteroatoms. The van der Waals surface area contributed by atoms with Crippen LogP contribution in [-0.2, 0) is 29.6 Å². The van der Waals surface area contributed by atoms with Gasteiger partial charge in [0.05, 0.1) is 43.7 Å². The highest BCUT2D eigenvalue weighted by atomic mass is 32.2. The van der Waals surface area contributed by atoms with Gasteiger partial charge in [-0.05, 0) is 36.4 Å². The first kappa shape index (κ1) is 26.7. The lowest BCUT2D eigenvalue weighted by Crippen LogP contribution is -2.41. The van der Waals surface area contributed by atoms with Gasteiger partial charge in [-0.25, -0.2) is 16.8 Å². The average Bonchev–Trinajstić information content (AvgIpc) is 2.85. The minimum Gasteiger partial charge on any atom is -0.495 e. The van der Waals surface area contributed by atoms with Gasteiger partial charge in [-0.3, -0.25) is 9.10 Å². The fourth-order valence-electron chi connectivity index (χ4n) is 3.41. The van der Waals surface area contributed by atoms with E-state index in [4.69, 9.17) is 14.2 Å². The Balaban J connectivity index is 1.51. The van der Waals surface area contributed by atoms with Crippen molar-refractivity contribution in [2.45, 2.75) is 4.90 Å². The Labute approximate surface area is 205 Å². The number of ether oxygens (including phenoxy) is 3. The van der Waals surface area contributed by atoms with Crippen LogP contribution in [-0.4, -0.2) is 86.4 Å². The van der Waals surface area contributed by atoms with Crippen molar-refractivity contribution in [3.8, 4) is 11.5 Å². The van der Waals surface area contributed by atoms with Crippen LogP contribution in [0.15, 0.2) is 53.4 Å². The zero-order valence-electron chi connectivity index (χ0n) is 19.5. The summed E-state index contributed by atoms with van der Waals surface area (Å²) in [7, 11) is -5.91. The quantitative estimate of drug-likeness (QED) is 0.422. The van der Waals surface area contributed by atoms with E-state index in [1.807, 2.05) is 0 Å². The van der Waals surface area contributed by atoms with E-state index in [2.05, 4.69) is 5.32 Å². The number of benzene rings is 2. The zero-order valence-corrected chi connectivity index (χ0v) is 21.2. The number of para-hydroxylation sites is 2. The third-order valence-electron chi connectivity index (χ3n) is 5.17. The number of nitrogens with zero attached hydrogens (tertiary/aromatic N) is 2. The third-order valence-corrected chi connectivity index (χ3v) is 8.21. The minimum atomic E-state index is -3.74. The lowest BCUT2D eigenvalue weighted by molar-refractivity contribution is -0.119. The number of nitrogens with one attached hydrogen (secondary N) is 1. The molecule has 1 aliphatic heterocycles. The average molecular weight is 528 g/mol. The second-order valence-electron chi connectivity index (χ2n) is 7.63. The van der Waals surface area contributed by atoms with Crippen LogP contribution in [0.2, 0.25) is 0 Å². The van der Waals surface area contributed by atoms with Crippen LogP contribution in [0.5, 0.6) is 11.5 Å². The van der Waals surface area contributed by atoms with Gasteiger partial charge in [0.15, 0.2) is 0 Å². The SMILES string of the molecule is COc1ccccc1N(CC(=O)NCCOc1ccc(S(=O)(=O)N2CCOCC2)cc1)S(C)(=O)=O. The molecule has 35 heavy (non-hydrogen) atoms. The van der Waals surface area contributed by atoms with E-state index in [9.17, 15) is 21.6 Å². The minimum absolute atomic E-state index is 0.106. The number of amides is 1. The number of rotatable bonds is 11. The van der Waals surface area contributed by atoms with E-state index in [1.165, 1.54) is 23.5 Å². The molecule has 0 spiro atoms. The van der Waals surface area contributed by atoms with Crippen molar-refractivity contribution in [2.75, 3.05) is 63.7 Å². The van der Waals surface area contributed by atoms with Crippen molar-refractivity contribution < 1.29 is 35.8 Å². The van der Waals surface area contributed by atoms with Crippen molar-refractivity contribution in [2.24, 2.45) is 0 Å². The van der Waals surface area contributed by atoms with Gasteiger partial charge in [-0.2, -0.15) is 4.31 Å². The smallest absolute Gasteiger partial charge is 0.243 e. The molecule has 1 aliphatic rings. The molecule has 0 aliphatic carbocycles. The summed E-state index contributed by atoms with van der Waals surface area (Å²) in [5.41, 5.74) is 0.260. The van der Waals surface area contributed by atoms with Crippen LogP contribution >= 0.6 is 0 Å². The largest absolute Gasteiger partial charge is 0.495 e. The molecule has 2 aromatic carbocycles. The monoisotopic (exact) mass is 527 g/mol. The van der Waals surface area contributed by atoms with Crippen LogP contribution in [0.1, 0.15) is 0 Å². The molecule has 0 aromatic heterocycles. The Morgan fingerprint density at radius 2 is 1.71 bits per heavy atom. The molecule has 192 valence electrons. The van der Waals surface area contributed by atoms with Gasteiger partial charge in [-0.15, -0.1) is 0 Å². The van der Waals surface area contributed by atoms with Crippen LogP contribution < -0.4 is 19.1 Å². The first-order chi connectivity index (χ1) is 16.6. The van der Waals surface area contributed by atoms with Gasteiger partial charge in [0.25, 0.3) is 0 Å². The van der Waals surface area contributed by atoms with Crippen molar-refractivity contribution in [3.63, 3.8) is 0 Å². The van der Waals surface area contributed by atoms with Gasteiger partial charge < -0.3 is 19.5 Å². The van der Waals surface area contributed by atoms with E-state index in [0.717, 1.165) is 10.6 Å². The number of sulfonamides is 2. The fraction of sp³-hybridized carbons (Fsp3) is 0.409. The lowest BCUT2D eigenvalue weighted by Gasteiger charge is -2.26. The predicted molar refractivity (Wildman–Crippen MR) is 130 cm³/mol. The van der Waals surface area contributed by atoms with E-state index < -0.39 is 32.5 Å². The molecule has 1 saturated heterocycles. The zero-order chi connectivity index (χ0) is 25.5. The summed E-state index contributed by atoms with van der Waals surface area (Å²) in [4.78, 5) is 12.6. The Hall–Kier alpha value is -2.87. The molecule has 0 unspecified atom stereocenters. The molecule has 1 fully saturated rings. The van der Waals surface area contributed by atoms with Gasteiger partial charge >= 0.3 is 0 Å². The first-order valence-corrected chi connectivity index (χ1v) is 14.1. The normalized spacial score (nSPS) is 14.8. The summed E-state index contributed by atoms with van der Waals surface area (Å²) >= 11 is 0. The standard InChI is InChI=1S/C22H29N3O8S2/c1-31-21-6-4-3-5-20(21)25(34(2,27)28)17-22(26)23-11-14-33-18-7-9-19(10-8-18)35(29,30)24-12-15-32-16-13-24/h3-10H,11-17H2,1-2H3,(H,23,26). The van der Waals surface area contributed by atoms with Crippen molar-refractivity contribution in [3.05, 3.63) is 48.5 Å². The number of carbonyl (C=O) groups excluding carboxylic acids is 1. The number of hydrogen-bond acceptors (Lipinski definition) is 8. The number of hydrogen-bond donors (Lipinski definition) is 1. The number of morpholine rings is 1. The second kappa shape index (κ2) is 11.7.